The van der Waals surface area contributed by atoms with Crippen LogP contribution in [0.1, 0.15) is 5.56 Å². The highest BCUT2D eigenvalue weighted by Crippen LogP contribution is 2.10. The Morgan fingerprint density at radius 3 is 2.88 bits per heavy atom. The van der Waals surface area contributed by atoms with E-state index in [9.17, 15) is 4.79 Å². The first-order valence-corrected chi connectivity index (χ1v) is 4.94. The van der Waals surface area contributed by atoms with E-state index in [0.717, 1.165) is 11.4 Å². The Balaban J connectivity index is 2.34. The molecule has 0 aliphatic carbocycles. The van der Waals surface area contributed by atoms with Gasteiger partial charge in [-0.3, -0.25) is 4.57 Å². The van der Waals surface area contributed by atoms with E-state index in [-0.39, 0.29) is 5.69 Å². The lowest BCUT2D eigenvalue weighted by atomic mass is 10.2. The molecule has 5 heteroatoms. The standard InChI is InChI=1S/C11H12N4O/c1-12-10-9(4-2-5-13-10)8-15-7-3-6-14-11(15)16/h2-7H,8H2,1H3,(H,12,13). The largest absolute Gasteiger partial charge is 0.373 e. The van der Waals surface area contributed by atoms with E-state index in [2.05, 4.69) is 15.3 Å². The van der Waals surface area contributed by atoms with Crippen molar-refractivity contribution in [2.45, 2.75) is 6.54 Å². The van der Waals surface area contributed by atoms with Crippen molar-refractivity contribution in [3.05, 3.63) is 52.8 Å². The van der Waals surface area contributed by atoms with Crippen LogP contribution in [0.2, 0.25) is 0 Å². The summed E-state index contributed by atoms with van der Waals surface area (Å²) in [6.07, 6.45) is 4.91. The molecule has 0 bridgehead atoms. The third-order valence-corrected chi connectivity index (χ3v) is 2.25. The van der Waals surface area contributed by atoms with E-state index in [1.807, 2.05) is 12.1 Å². The molecule has 0 aliphatic rings. The summed E-state index contributed by atoms with van der Waals surface area (Å²) in [7, 11) is 1.80. The summed E-state index contributed by atoms with van der Waals surface area (Å²) in [4.78, 5) is 19.3. The minimum absolute atomic E-state index is 0.256. The summed E-state index contributed by atoms with van der Waals surface area (Å²) in [5, 5.41) is 2.99. The molecule has 0 aliphatic heterocycles. The van der Waals surface area contributed by atoms with Crippen LogP contribution in [0.25, 0.3) is 0 Å². The molecule has 2 aromatic rings. The highest BCUT2D eigenvalue weighted by molar-refractivity contribution is 5.42. The van der Waals surface area contributed by atoms with Crippen LogP contribution in [0.4, 0.5) is 5.82 Å². The molecule has 0 saturated carbocycles. The van der Waals surface area contributed by atoms with Crippen molar-refractivity contribution in [1.82, 2.24) is 14.5 Å². The third-order valence-electron chi connectivity index (χ3n) is 2.25. The van der Waals surface area contributed by atoms with Gasteiger partial charge in [0.25, 0.3) is 0 Å². The van der Waals surface area contributed by atoms with E-state index in [1.54, 1.807) is 25.5 Å². The molecule has 0 atom stereocenters. The van der Waals surface area contributed by atoms with Crippen LogP contribution in [0.5, 0.6) is 0 Å². The SMILES string of the molecule is CNc1ncccc1Cn1cccnc1=O. The van der Waals surface area contributed by atoms with Crippen molar-refractivity contribution in [3.8, 4) is 0 Å². The average molecular weight is 216 g/mol. The molecule has 2 rings (SSSR count). The molecule has 0 aromatic carbocycles. The molecular weight excluding hydrogens is 204 g/mol. The summed E-state index contributed by atoms with van der Waals surface area (Å²) in [5.74, 6) is 0.776. The first-order valence-electron chi connectivity index (χ1n) is 4.94. The van der Waals surface area contributed by atoms with E-state index < -0.39 is 0 Å². The Bertz CT molecular complexity index is 535. The van der Waals surface area contributed by atoms with Gasteiger partial charge < -0.3 is 5.32 Å². The smallest absolute Gasteiger partial charge is 0.347 e. The molecule has 0 fully saturated rings. The maximum Gasteiger partial charge on any atom is 0.347 e. The molecule has 82 valence electrons. The molecule has 0 amide bonds. The lowest BCUT2D eigenvalue weighted by molar-refractivity contribution is 0.726. The van der Waals surface area contributed by atoms with Crippen molar-refractivity contribution in [2.24, 2.45) is 0 Å². The summed E-state index contributed by atoms with van der Waals surface area (Å²) < 4.78 is 1.54. The lowest BCUT2D eigenvalue weighted by Gasteiger charge is -2.08. The second-order valence-electron chi connectivity index (χ2n) is 3.29. The monoisotopic (exact) mass is 216 g/mol. The van der Waals surface area contributed by atoms with Gasteiger partial charge in [0.1, 0.15) is 5.82 Å². The van der Waals surface area contributed by atoms with E-state index in [4.69, 9.17) is 0 Å². The van der Waals surface area contributed by atoms with E-state index in [0.29, 0.717) is 6.54 Å². The van der Waals surface area contributed by atoms with Crippen LogP contribution >= 0.6 is 0 Å². The van der Waals surface area contributed by atoms with Gasteiger partial charge in [0.15, 0.2) is 0 Å². The number of pyridine rings is 1. The molecule has 0 unspecified atom stereocenters. The summed E-state index contributed by atoms with van der Waals surface area (Å²) in [6, 6.07) is 5.51. The number of hydrogen-bond donors (Lipinski definition) is 1. The van der Waals surface area contributed by atoms with Gasteiger partial charge in [-0.05, 0) is 12.1 Å². The van der Waals surface area contributed by atoms with Crippen molar-refractivity contribution >= 4 is 5.82 Å². The highest BCUT2D eigenvalue weighted by Gasteiger charge is 2.03. The molecule has 16 heavy (non-hydrogen) atoms. The zero-order chi connectivity index (χ0) is 11.4. The molecular formula is C11H12N4O. The van der Waals surface area contributed by atoms with Gasteiger partial charge in [0.05, 0.1) is 6.54 Å². The predicted octanol–water partition coefficient (Wildman–Crippen LogP) is 0.728. The first-order chi connectivity index (χ1) is 7.81. The lowest BCUT2D eigenvalue weighted by Crippen LogP contribution is -2.22. The highest BCUT2D eigenvalue weighted by atomic mass is 16.1. The fraction of sp³-hybridized carbons (Fsp3) is 0.182. The van der Waals surface area contributed by atoms with Gasteiger partial charge >= 0.3 is 5.69 Å². The Kier molecular flexibility index (Phi) is 2.95. The Morgan fingerprint density at radius 2 is 2.12 bits per heavy atom. The van der Waals surface area contributed by atoms with E-state index in [1.165, 1.54) is 10.8 Å². The third kappa shape index (κ3) is 2.08. The number of hydrogen-bond acceptors (Lipinski definition) is 4. The van der Waals surface area contributed by atoms with Gasteiger partial charge in [-0.2, -0.15) is 0 Å². The van der Waals surface area contributed by atoms with Crippen molar-refractivity contribution < 1.29 is 0 Å². The van der Waals surface area contributed by atoms with Crippen LogP contribution in [0, 0.1) is 0 Å². The molecule has 0 saturated heterocycles. The minimum Gasteiger partial charge on any atom is -0.373 e. The molecule has 0 spiro atoms. The molecule has 2 heterocycles. The van der Waals surface area contributed by atoms with Crippen molar-refractivity contribution in [3.63, 3.8) is 0 Å². The second-order valence-corrected chi connectivity index (χ2v) is 3.29. The number of nitrogens with zero attached hydrogens (tertiary/aromatic N) is 3. The van der Waals surface area contributed by atoms with Gasteiger partial charge in [0, 0.05) is 31.2 Å². The van der Waals surface area contributed by atoms with Crippen molar-refractivity contribution in [2.75, 3.05) is 12.4 Å². The molecule has 1 N–H and O–H groups in total. The number of rotatable bonds is 3. The zero-order valence-corrected chi connectivity index (χ0v) is 8.92. The number of anilines is 1. The Hall–Kier alpha value is -2.17. The number of nitrogens with one attached hydrogen (secondary N) is 1. The molecule has 2 aromatic heterocycles. The quantitative estimate of drug-likeness (QED) is 0.821. The van der Waals surface area contributed by atoms with Crippen LogP contribution in [-0.4, -0.2) is 21.6 Å². The van der Waals surface area contributed by atoms with E-state index >= 15 is 0 Å². The fourth-order valence-corrected chi connectivity index (χ4v) is 1.48. The van der Waals surface area contributed by atoms with Crippen LogP contribution in [-0.2, 0) is 6.54 Å². The predicted molar refractivity (Wildman–Crippen MR) is 61.4 cm³/mol. The minimum atomic E-state index is -0.256. The summed E-state index contributed by atoms with van der Waals surface area (Å²) >= 11 is 0. The van der Waals surface area contributed by atoms with Crippen LogP contribution < -0.4 is 11.0 Å². The van der Waals surface area contributed by atoms with Gasteiger partial charge in [0.2, 0.25) is 0 Å². The average Bonchev–Trinajstić information content (AvgIpc) is 2.33. The van der Waals surface area contributed by atoms with Gasteiger partial charge in [-0.25, -0.2) is 14.8 Å². The van der Waals surface area contributed by atoms with Crippen LogP contribution in [0.15, 0.2) is 41.6 Å². The fourth-order valence-electron chi connectivity index (χ4n) is 1.48. The van der Waals surface area contributed by atoms with Crippen LogP contribution in [0.3, 0.4) is 0 Å². The first kappa shape index (κ1) is 10.4. The Labute approximate surface area is 92.8 Å². The zero-order valence-electron chi connectivity index (χ0n) is 8.92. The maximum atomic E-state index is 11.4. The molecule has 0 radical (unpaired) electrons. The normalized spacial score (nSPS) is 10.1. The molecule has 5 nitrogen and oxygen atoms in total. The summed E-state index contributed by atoms with van der Waals surface area (Å²) in [6.45, 7) is 0.469. The van der Waals surface area contributed by atoms with Gasteiger partial charge in [-0.15, -0.1) is 0 Å². The van der Waals surface area contributed by atoms with Crippen molar-refractivity contribution in [1.29, 1.82) is 0 Å². The van der Waals surface area contributed by atoms with Gasteiger partial charge in [-0.1, -0.05) is 6.07 Å². The summed E-state index contributed by atoms with van der Waals surface area (Å²) in [5.41, 5.74) is 0.702. The maximum absolute atomic E-state index is 11.4. The topological polar surface area (TPSA) is 59.8 Å². The second kappa shape index (κ2) is 4.57. The number of aromatic nitrogens is 3. The Morgan fingerprint density at radius 1 is 1.31 bits per heavy atom.